The standard InChI is InChI=1S/C18H10ClF3N4O/c19-12-5-7-13(8-6-12)26-16(18(20,21)22)14(10-24-26)17(27)25-15-4-2-1-3-11(15)9-23/h1-8,10H,(H,25,27). The lowest BCUT2D eigenvalue weighted by Crippen LogP contribution is -2.21. The van der Waals surface area contributed by atoms with Crippen molar-refractivity contribution < 1.29 is 18.0 Å². The minimum absolute atomic E-state index is 0.100. The van der Waals surface area contributed by atoms with Crippen LogP contribution in [0.15, 0.2) is 54.7 Å². The highest BCUT2D eigenvalue weighted by molar-refractivity contribution is 6.30. The summed E-state index contributed by atoms with van der Waals surface area (Å²) >= 11 is 5.76. The first-order valence-corrected chi connectivity index (χ1v) is 7.90. The van der Waals surface area contributed by atoms with E-state index in [1.165, 1.54) is 36.4 Å². The highest BCUT2D eigenvalue weighted by Gasteiger charge is 2.40. The number of hydrogen-bond donors (Lipinski definition) is 1. The van der Waals surface area contributed by atoms with Gasteiger partial charge < -0.3 is 5.32 Å². The van der Waals surface area contributed by atoms with Gasteiger partial charge in [0.2, 0.25) is 0 Å². The van der Waals surface area contributed by atoms with E-state index in [-0.39, 0.29) is 16.9 Å². The lowest BCUT2D eigenvalue weighted by Gasteiger charge is -2.13. The highest BCUT2D eigenvalue weighted by Crippen LogP contribution is 2.34. The van der Waals surface area contributed by atoms with Crippen LogP contribution < -0.4 is 5.32 Å². The molecule has 0 spiro atoms. The van der Waals surface area contributed by atoms with Crippen molar-refractivity contribution in [3.05, 3.63) is 76.6 Å². The Kier molecular flexibility index (Phi) is 4.88. The number of benzene rings is 2. The zero-order chi connectivity index (χ0) is 19.6. The molecule has 3 rings (SSSR count). The van der Waals surface area contributed by atoms with Gasteiger partial charge in [-0.15, -0.1) is 0 Å². The van der Waals surface area contributed by atoms with Crippen LogP contribution in [0.2, 0.25) is 5.02 Å². The molecule has 1 heterocycles. The van der Waals surface area contributed by atoms with Crippen LogP contribution in [0.4, 0.5) is 18.9 Å². The summed E-state index contributed by atoms with van der Waals surface area (Å²) in [5.74, 6) is -1.02. The summed E-state index contributed by atoms with van der Waals surface area (Å²) < 4.78 is 41.5. The van der Waals surface area contributed by atoms with Gasteiger partial charge in [0.1, 0.15) is 6.07 Å². The number of amides is 1. The molecular weight excluding hydrogens is 381 g/mol. The number of para-hydroxylation sites is 1. The largest absolute Gasteiger partial charge is 0.434 e. The zero-order valence-electron chi connectivity index (χ0n) is 13.5. The lowest BCUT2D eigenvalue weighted by molar-refractivity contribution is -0.143. The smallest absolute Gasteiger partial charge is 0.321 e. The normalized spacial score (nSPS) is 11.1. The van der Waals surface area contributed by atoms with E-state index in [0.29, 0.717) is 9.70 Å². The first-order chi connectivity index (χ1) is 12.8. The van der Waals surface area contributed by atoms with E-state index in [1.807, 2.05) is 6.07 Å². The number of hydrogen-bond acceptors (Lipinski definition) is 3. The van der Waals surface area contributed by atoms with Crippen LogP contribution in [0.1, 0.15) is 21.6 Å². The molecule has 0 bridgehead atoms. The molecule has 9 heteroatoms. The number of nitrogens with one attached hydrogen (secondary N) is 1. The van der Waals surface area contributed by atoms with Gasteiger partial charge in [-0.25, -0.2) is 4.68 Å². The maximum Gasteiger partial charge on any atom is 0.434 e. The van der Waals surface area contributed by atoms with Gasteiger partial charge in [-0.2, -0.15) is 23.5 Å². The predicted molar refractivity (Wildman–Crippen MR) is 92.7 cm³/mol. The molecular formula is C18H10ClF3N4O. The zero-order valence-corrected chi connectivity index (χ0v) is 14.2. The van der Waals surface area contributed by atoms with Gasteiger partial charge in [0.15, 0.2) is 5.69 Å². The molecule has 1 amide bonds. The van der Waals surface area contributed by atoms with Crippen LogP contribution >= 0.6 is 11.6 Å². The average Bonchev–Trinajstić information content (AvgIpc) is 3.08. The van der Waals surface area contributed by atoms with Gasteiger partial charge in [-0.1, -0.05) is 23.7 Å². The molecule has 0 aliphatic rings. The fraction of sp³-hybridized carbons (Fsp3) is 0.0556. The number of aromatic nitrogens is 2. The number of carbonyl (C=O) groups is 1. The van der Waals surface area contributed by atoms with Crippen molar-refractivity contribution in [2.75, 3.05) is 5.32 Å². The van der Waals surface area contributed by atoms with E-state index in [2.05, 4.69) is 10.4 Å². The fourth-order valence-electron chi connectivity index (χ4n) is 2.44. The number of carbonyl (C=O) groups excluding carboxylic acids is 1. The molecule has 0 aliphatic carbocycles. The molecule has 1 N–H and O–H groups in total. The van der Waals surface area contributed by atoms with Crippen LogP contribution in [-0.2, 0) is 6.18 Å². The third kappa shape index (κ3) is 3.78. The summed E-state index contributed by atoms with van der Waals surface area (Å²) in [6.45, 7) is 0. The van der Waals surface area contributed by atoms with Crippen molar-refractivity contribution in [1.29, 1.82) is 5.26 Å². The van der Waals surface area contributed by atoms with Crippen molar-refractivity contribution in [2.45, 2.75) is 6.18 Å². The molecule has 0 unspecified atom stereocenters. The molecule has 0 saturated carbocycles. The Morgan fingerprint density at radius 3 is 2.44 bits per heavy atom. The van der Waals surface area contributed by atoms with E-state index < -0.39 is 23.3 Å². The summed E-state index contributed by atoms with van der Waals surface area (Å²) in [6.07, 6.45) is -4.00. The average molecular weight is 391 g/mol. The maximum absolute atomic E-state index is 13.6. The molecule has 5 nitrogen and oxygen atoms in total. The highest BCUT2D eigenvalue weighted by atomic mass is 35.5. The van der Waals surface area contributed by atoms with Gasteiger partial charge in [-0.05, 0) is 36.4 Å². The molecule has 136 valence electrons. The second-order valence-corrected chi connectivity index (χ2v) is 5.84. The van der Waals surface area contributed by atoms with Crippen molar-refractivity contribution in [3.8, 4) is 11.8 Å². The number of nitrogens with zero attached hydrogens (tertiary/aromatic N) is 3. The predicted octanol–water partition coefficient (Wildman–Crippen LogP) is 4.67. The molecule has 2 aromatic carbocycles. The van der Waals surface area contributed by atoms with Crippen LogP contribution in [-0.4, -0.2) is 15.7 Å². The van der Waals surface area contributed by atoms with E-state index in [9.17, 15) is 18.0 Å². The summed E-state index contributed by atoms with van der Waals surface area (Å²) in [5.41, 5.74) is -1.55. The molecule has 1 aromatic heterocycles. The molecule has 0 atom stereocenters. The van der Waals surface area contributed by atoms with Gasteiger partial charge in [0.05, 0.1) is 28.7 Å². The van der Waals surface area contributed by atoms with Gasteiger partial charge in [0.25, 0.3) is 5.91 Å². The molecule has 3 aromatic rings. The first kappa shape index (κ1) is 18.5. The topological polar surface area (TPSA) is 70.7 Å². The number of anilines is 1. The molecule has 0 fully saturated rings. The SMILES string of the molecule is N#Cc1ccccc1NC(=O)c1cnn(-c2ccc(Cl)cc2)c1C(F)(F)F. The van der Waals surface area contributed by atoms with Crippen molar-refractivity contribution in [1.82, 2.24) is 9.78 Å². The number of rotatable bonds is 3. The van der Waals surface area contributed by atoms with Crippen molar-refractivity contribution >= 4 is 23.2 Å². The maximum atomic E-state index is 13.6. The monoisotopic (exact) mass is 390 g/mol. The lowest BCUT2D eigenvalue weighted by atomic mass is 10.1. The quantitative estimate of drug-likeness (QED) is 0.706. The molecule has 0 radical (unpaired) electrons. The summed E-state index contributed by atoms with van der Waals surface area (Å²) in [6, 6.07) is 13.4. The minimum atomic E-state index is -4.84. The molecule has 27 heavy (non-hydrogen) atoms. The van der Waals surface area contributed by atoms with Gasteiger partial charge >= 0.3 is 6.18 Å². The van der Waals surface area contributed by atoms with E-state index in [4.69, 9.17) is 16.9 Å². The number of nitriles is 1. The summed E-state index contributed by atoms with van der Waals surface area (Å²) in [5, 5.41) is 15.4. The van der Waals surface area contributed by atoms with Crippen LogP contribution in [0.25, 0.3) is 5.69 Å². The summed E-state index contributed by atoms with van der Waals surface area (Å²) in [4.78, 5) is 12.5. The van der Waals surface area contributed by atoms with Gasteiger partial charge in [0, 0.05) is 5.02 Å². The van der Waals surface area contributed by atoms with Crippen LogP contribution in [0.3, 0.4) is 0 Å². The molecule has 0 saturated heterocycles. The Morgan fingerprint density at radius 2 is 1.81 bits per heavy atom. The van der Waals surface area contributed by atoms with Gasteiger partial charge in [-0.3, -0.25) is 4.79 Å². The van der Waals surface area contributed by atoms with E-state index in [0.717, 1.165) is 6.20 Å². The Bertz CT molecular complexity index is 1040. The van der Waals surface area contributed by atoms with Crippen LogP contribution in [0, 0.1) is 11.3 Å². The van der Waals surface area contributed by atoms with E-state index >= 15 is 0 Å². The van der Waals surface area contributed by atoms with E-state index in [1.54, 1.807) is 12.1 Å². The first-order valence-electron chi connectivity index (χ1n) is 7.53. The second-order valence-electron chi connectivity index (χ2n) is 5.40. The van der Waals surface area contributed by atoms with Crippen molar-refractivity contribution in [3.63, 3.8) is 0 Å². The Balaban J connectivity index is 2.04. The van der Waals surface area contributed by atoms with Crippen LogP contribution in [0.5, 0.6) is 0 Å². The Labute approximate surface area is 156 Å². The fourth-order valence-corrected chi connectivity index (χ4v) is 2.57. The minimum Gasteiger partial charge on any atom is -0.321 e. The molecule has 0 aliphatic heterocycles. The third-order valence-corrected chi connectivity index (χ3v) is 3.90. The summed E-state index contributed by atoms with van der Waals surface area (Å²) in [7, 11) is 0. The third-order valence-electron chi connectivity index (χ3n) is 3.65. The number of alkyl halides is 3. The number of halogens is 4. The Morgan fingerprint density at radius 1 is 1.15 bits per heavy atom. The Hall–Kier alpha value is -3.31. The van der Waals surface area contributed by atoms with Crippen molar-refractivity contribution in [2.24, 2.45) is 0 Å². The second kappa shape index (κ2) is 7.13.